The lowest BCUT2D eigenvalue weighted by Crippen LogP contribution is -2.30. The monoisotopic (exact) mass is 455 g/mol. The van der Waals surface area contributed by atoms with Gasteiger partial charge in [0.15, 0.2) is 0 Å². The fourth-order valence-corrected chi connectivity index (χ4v) is 3.72. The van der Waals surface area contributed by atoms with Crippen LogP contribution in [-0.4, -0.2) is 44.2 Å². The molecule has 6 N–H and O–H groups in total. The quantitative estimate of drug-likeness (QED) is 0.354. The van der Waals surface area contributed by atoms with Crippen molar-refractivity contribution in [2.75, 3.05) is 13.2 Å². The molecule has 3 heterocycles. The van der Waals surface area contributed by atoms with Gasteiger partial charge < -0.3 is 26.2 Å². The zero-order chi connectivity index (χ0) is 22.6. The molecule has 0 bridgehead atoms. The number of aromatic nitrogens is 3. The normalized spacial score (nSPS) is 13.7. The van der Waals surface area contributed by atoms with Crippen molar-refractivity contribution in [3.05, 3.63) is 57.8 Å². The summed E-state index contributed by atoms with van der Waals surface area (Å²) in [7, 11) is 0. The number of aliphatic hydroxyl groups excluding tert-OH is 2. The second kappa shape index (κ2) is 9.56. The predicted octanol–water partition coefficient (Wildman–Crippen LogP) is 2.40. The number of thiazole rings is 1. The van der Waals surface area contributed by atoms with Crippen molar-refractivity contribution in [1.82, 2.24) is 20.3 Å². The standard InChI is InChI=1S/C19H20F3N5O3S/c20-19(21,22)10-1-2-11(24-7-10)12-3-4-13(25-12)17(30)26-14(5-6-23)18-27-15(9-31-18)16(29)8-28/h1-4,7,9,14,16,25,28-29H,5-6,8,23H2,(H,26,30). The molecular formula is C19H20F3N5O3S. The average molecular weight is 455 g/mol. The molecule has 3 rings (SSSR count). The highest BCUT2D eigenvalue weighted by molar-refractivity contribution is 7.09. The first-order valence-corrected chi connectivity index (χ1v) is 10.1. The molecule has 31 heavy (non-hydrogen) atoms. The highest BCUT2D eigenvalue weighted by Crippen LogP contribution is 2.30. The van der Waals surface area contributed by atoms with Gasteiger partial charge in [0.1, 0.15) is 16.8 Å². The molecular weight excluding hydrogens is 435 g/mol. The molecule has 2 atom stereocenters. The van der Waals surface area contributed by atoms with Crippen LogP contribution in [0.1, 0.15) is 45.3 Å². The van der Waals surface area contributed by atoms with Crippen molar-refractivity contribution < 1.29 is 28.2 Å². The van der Waals surface area contributed by atoms with Crippen molar-refractivity contribution >= 4 is 17.2 Å². The SMILES string of the molecule is NCCC(NC(=O)c1ccc(-c2ccc(C(F)(F)F)cn2)[nH]1)c1nc(C(O)CO)cs1. The Labute approximate surface area is 179 Å². The first-order valence-electron chi connectivity index (χ1n) is 9.20. The molecule has 3 aromatic heterocycles. The molecule has 0 aliphatic heterocycles. The van der Waals surface area contributed by atoms with E-state index in [0.717, 1.165) is 12.3 Å². The predicted molar refractivity (Wildman–Crippen MR) is 107 cm³/mol. The molecule has 0 aliphatic rings. The van der Waals surface area contributed by atoms with E-state index in [-0.39, 0.29) is 17.9 Å². The van der Waals surface area contributed by atoms with E-state index in [1.807, 2.05) is 0 Å². The van der Waals surface area contributed by atoms with Crippen LogP contribution in [0.4, 0.5) is 13.2 Å². The maximum Gasteiger partial charge on any atom is 0.417 e. The molecule has 0 radical (unpaired) electrons. The Morgan fingerprint density at radius 3 is 2.68 bits per heavy atom. The van der Waals surface area contributed by atoms with E-state index in [0.29, 0.717) is 22.8 Å². The first-order chi connectivity index (χ1) is 14.7. The number of halogens is 3. The van der Waals surface area contributed by atoms with Gasteiger partial charge in [-0.15, -0.1) is 11.3 Å². The maximum absolute atomic E-state index is 12.7. The van der Waals surface area contributed by atoms with E-state index >= 15 is 0 Å². The number of hydrogen-bond donors (Lipinski definition) is 5. The van der Waals surface area contributed by atoms with Crippen LogP contribution in [0.5, 0.6) is 0 Å². The van der Waals surface area contributed by atoms with Crippen LogP contribution in [0.25, 0.3) is 11.4 Å². The summed E-state index contributed by atoms with van der Waals surface area (Å²) in [5.74, 6) is -0.462. The molecule has 166 valence electrons. The number of aromatic amines is 1. The minimum atomic E-state index is -4.48. The van der Waals surface area contributed by atoms with Gasteiger partial charge in [0, 0.05) is 11.6 Å². The molecule has 0 fully saturated rings. The molecule has 12 heteroatoms. The number of nitrogens with zero attached hydrogens (tertiary/aromatic N) is 2. The van der Waals surface area contributed by atoms with Crippen LogP contribution >= 0.6 is 11.3 Å². The first kappa shape index (κ1) is 22.9. The summed E-state index contributed by atoms with van der Waals surface area (Å²) >= 11 is 1.22. The number of nitrogens with one attached hydrogen (secondary N) is 2. The van der Waals surface area contributed by atoms with Gasteiger partial charge in [-0.1, -0.05) is 0 Å². The number of H-pyrrole nitrogens is 1. The van der Waals surface area contributed by atoms with Gasteiger partial charge in [0.2, 0.25) is 0 Å². The van der Waals surface area contributed by atoms with Crippen molar-refractivity contribution in [2.45, 2.75) is 24.7 Å². The van der Waals surface area contributed by atoms with Gasteiger partial charge in [-0.3, -0.25) is 9.78 Å². The number of hydrogen-bond acceptors (Lipinski definition) is 7. The maximum atomic E-state index is 12.7. The number of alkyl halides is 3. The van der Waals surface area contributed by atoms with Gasteiger partial charge in [0.05, 0.1) is 35.3 Å². The van der Waals surface area contributed by atoms with Gasteiger partial charge in [-0.25, -0.2) is 4.98 Å². The fraction of sp³-hybridized carbons (Fsp3) is 0.316. The van der Waals surface area contributed by atoms with Crippen LogP contribution < -0.4 is 11.1 Å². The highest BCUT2D eigenvalue weighted by atomic mass is 32.1. The number of aliphatic hydroxyl groups is 2. The summed E-state index contributed by atoms with van der Waals surface area (Å²) in [6.07, 6.45) is -4.47. The Hall–Kier alpha value is -2.80. The Balaban J connectivity index is 1.73. The minimum Gasteiger partial charge on any atom is -0.393 e. The van der Waals surface area contributed by atoms with Crippen molar-refractivity contribution in [2.24, 2.45) is 5.73 Å². The lowest BCUT2D eigenvalue weighted by Gasteiger charge is -2.15. The smallest absolute Gasteiger partial charge is 0.393 e. The second-order valence-electron chi connectivity index (χ2n) is 6.63. The minimum absolute atomic E-state index is 0.186. The number of carbonyl (C=O) groups excluding carboxylic acids is 1. The van der Waals surface area contributed by atoms with Gasteiger partial charge in [-0.05, 0) is 37.2 Å². The zero-order valence-electron chi connectivity index (χ0n) is 16.1. The third-order valence-corrected chi connectivity index (χ3v) is 5.39. The molecule has 0 aromatic carbocycles. The topological polar surface area (TPSA) is 137 Å². The zero-order valence-corrected chi connectivity index (χ0v) is 16.9. The van der Waals surface area contributed by atoms with E-state index in [1.165, 1.54) is 23.5 Å². The fourth-order valence-electron chi connectivity index (χ4n) is 2.77. The van der Waals surface area contributed by atoms with E-state index in [4.69, 9.17) is 10.8 Å². The lowest BCUT2D eigenvalue weighted by atomic mass is 10.2. The van der Waals surface area contributed by atoms with Gasteiger partial charge >= 0.3 is 6.18 Å². The van der Waals surface area contributed by atoms with Crippen LogP contribution in [0.3, 0.4) is 0 Å². The molecule has 0 saturated carbocycles. The van der Waals surface area contributed by atoms with Crippen molar-refractivity contribution in [3.63, 3.8) is 0 Å². The Morgan fingerprint density at radius 1 is 1.29 bits per heavy atom. The summed E-state index contributed by atoms with van der Waals surface area (Å²) in [6.45, 7) is -0.200. The van der Waals surface area contributed by atoms with Crippen LogP contribution in [0.2, 0.25) is 0 Å². The van der Waals surface area contributed by atoms with Gasteiger partial charge in [-0.2, -0.15) is 13.2 Å². The Morgan fingerprint density at radius 2 is 2.06 bits per heavy atom. The summed E-state index contributed by atoms with van der Waals surface area (Å²) in [6, 6.07) is 4.66. The molecule has 1 amide bonds. The van der Waals surface area contributed by atoms with E-state index in [2.05, 4.69) is 20.3 Å². The summed E-state index contributed by atoms with van der Waals surface area (Å²) < 4.78 is 38.0. The highest BCUT2D eigenvalue weighted by Gasteiger charge is 2.30. The number of nitrogens with two attached hydrogens (primary N) is 1. The summed E-state index contributed by atoms with van der Waals surface area (Å²) in [5, 5.41) is 23.7. The largest absolute Gasteiger partial charge is 0.417 e. The summed E-state index contributed by atoms with van der Waals surface area (Å²) in [4.78, 5) is 23.6. The van der Waals surface area contributed by atoms with Crippen LogP contribution in [0, 0.1) is 0 Å². The molecule has 0 spiro atoms. The lowest BCUT2D eigenvalue weighted by molar-refractivity contribution is -0.137. The Kier molecular flexibility index (Phi) is 7.05. The average Bonchev–Trinajstić information content (AvgIpc) is 3.42. The van der Waals surface area contributed by atoms with Crippen LogP contribution in [0.15, 0.2) is 35.8 Å². The van der Waals surface area contributed by atoms with E-state index in [1.54, 1.807) is 11.4 Å². The number of carbonyl (C=O) groups is 1. The van der Waals surface area contributed by atoms with E-state index < -0.39 is 36.4 Å². The molecule has 0 aliphatic carbocycles. The van der Waals surface area contributed by atoms with Crippen molar-refractivity contribution in [1.29, 1.82) is 0 Å². The molecule has 0 saturated heterocycles. The van der Waals surface area contributed by atoms with Crippen molar-refractivity contribution in [3.8, 4) is 11.4 Å². The third kappa shape index (κ3) is 5.47. The van der Waals surface area contributed by atoms with Gasteiger partial charge in [0.25, 0.3) is 5.91 Å². The molecule has 2 unspecified atom stereocenters. The molecule has 8 nitrogen and oxygen atoms in total. The number of rotatable bonds is 8. The van der Waals surface area contributed by atoms with E-state index in [9.17, 15) is 23.1 Å². The number of amides is 1. The number of pyridine rings is 1. The summed E-state index contributed by atoms with van der Waals surface area (Å²) in [5.41, 5.74) is 5.91. The molecule has 3 aromatic rings. The second-order valence-corrected chi connectivity index (χ2v) is 7.52. The third-order valence-electron chi connectivity index (χ3n) is 4.41. The van der Waals surface area contributed by atoms with Crippen LogP contribution in [-0.2, 0) is 6.18 Å². The Bertz CT molecular complexity index is 1020.